The summed E-state index contributed by atoms with van der Waals surface area (Å²) < 4.78 is 1.35. The smallest absolute Gasteiger partial charge is 0.327 e. The molecule has 19 heavy (non-hydrogen) atoms. The van der Waals surface area contributed by atoms with Gasteiger partial charge in [0.05, 0.1) is 0 Å². The highest BCUT2D eigenvalue weighted by atomic mass is 16.4. The molecule has 0 aromatic carbocycles. The monoisotopic (exact) mass is 265 g/mol. The lowest BCUT2D eigenvalue weighted by atomic mass is 10.1. The molecule has 102 valence electrons. The zero-order valence-corrected chi connectivity index (χ0v) is 10.5. The molecule has 1 aliphatic heterocycles. The number of nitrogens with zero attached hydrogens (tertiary/aromatic N) is 2. The molecule has 0 bridgehead atoms. The highest BCUT2D eigenvalue weighted by molar-refractivity contribution is 5.96. The van der Waals surface area contributed by atoms with Crippen LogP contribution in [0.4, 0.5) is 0 Å². The van der Waals surface area contributed by atoms with E-state index in [-0.39, 0.29) is 17.7 Å². The largest absolute Gasteiger partial charge is 0.480 e. The summed E-state index contributed by atoms with van der Waals surface area (Å²) in [5, 5.41) is 12.0. The number of carboxylic acids is 1. The van der Waals surface area contributed by atoms with E-state index < -0.39 is 17.9 Å². The van der Waals surface area contributed by atoms with E-state index >= 15 is 0 Å². The molecule has 0 spiro atoms. The SMILES string of the molecule is Cn1ccc(C(=O)N2CCNCC2C(=O)O)cc1=O. The van der Waals surface area contributed by atoms with E-state index in [1.807, 2.05) is 0 Å². The number of hydrogen-bond acceptors (Lipinski definition) is 4. The molecular weight excluding hydrogens is 250 g/mol. The quantitative estimate of drug-likeness (QED) is 0.707. The van der Waals surface area contributed by atoms with Crippen LogP contribution >= 0.6 is 0 Å². The third-order valence-electron chi connectivity index (χ3n) is 3.14. The molecule has 0 saturated carbocycles. The van der Waals surface area contributed by atoms with Gasteiger partial charge in [0.25, 0.3) is 11.5 Å². The molecule has 1 aliphatic rings. The third kappa shape index (κ3) is 2.65. The number of carboxylic acid groups (broad SMARTS) is 1. The van der Waals surface area contributed by atoms with Crippen molar-refractivity contribution in [1.82, 2.24) is 14.8 Å². The van der Waals surface area contributed by atoms with Crippen molar-refractivity contribution in [1.29, 1.82) is 0 Å². The summed E-state index contributed by atoms with van der Waals surface area (Å²) in [6, 6.07) is 1.85. The fourth-order valence-corrected chi connectivity index (χ4v) is 2.02. The fourth-order valence-electron chi connectivity index (χ4n) is 2.02. The van der Waals surface area contributed by atoms with Gasteiger partial charge < -0.3 is 19.9 Å². The molecule has 1 aromatic heterocycles. The molecule has 0 radical (unpaired) electrons. The topological polar surface area (TPSA) is 91.6 Å². The lowest BCUT2D eigenvalue weighted by molar-refractivity contribution is -0.142. The Kier molecular flexibility index (Phi) is 3.66. The Morgan fingerprint density at radius 3 is 2.84 bits per heavy atom. The number of carbonyl (C=O) groups is 2. The zero-order valence-electron chi connectivity index (χ0n) is 10.5. The zero-order chi connectivity index (χ0) is 14.0. The minimum atomic E-state index is -1.05. The predicted octanol–water partition coefficient (Wildman–Crippen LogP) is -1.12. The van der Waals surface area contributed by atoms with Crippen LogP contribution < -0.4 is 10.9 Å². The van der Waals surface area contributed by atoms with Crippen LogP contribution in [-0.2, 0) is 11.8 Å². The summed E-state index contributed by atoms with van der Waals surface area (Å²) in [7, 11) is 1.58. The number of hydrogen-bond donors (Lipinski definition) is 2. The van der Waals surface area contributed by atoms with Gasteiger partial charge >= 0.3 is 5.97 Å². The van der Waals surface area contributed by atoms with E-state index in [0.29, 0.717) is 13.1 Å². The molecule has 1 aromatic rings. The average Bonchev–Trinajstić information content (AvgIpc) is 2.41. The Hall–Kier alpha value is -2.15. The number of rotatable bonds is 2. The Morgan fingerprint density at radius 2 is 2.21 bits per heavy atom. The van der Waals surface area contributed by atoms with Crippen LogP contribution in [0.3, 0.4) is 0 Å². The summed E-state index contributed by atoms with van der Waals surface area (Å²) in [5.41, 5.74) is -0.0795. The number of nitrogens with one attached hydrogen (secondary N) is 1. The minimum absolute atomic E-state index is 0.214. The van der Waals surface area contributed by atoms with E-state index in [2.05, 4.69) is 5.32 Å². The summed E-state index contributed by atoms with van der Waals surface area (Å²) >= 11 is 0. The second-order valence-electron chi connectivity index (χ2n) is 4.42. The van der Waals surface area contributed by atoms with E-state index in [1.54, 1.807) is 7.05 Å². The Bertz CT molecular complexity index is 566. The molecule has 1 amide bonds. The van der Waals surface area contributed by atoms with Crippen molar-refractivity contribution < 1.29 is 14.7 Å². The van der Waals surface area contributed by atoms with Crippen molar-refractivity contribution in [3.8, 4) is 0 Å². The van der Waals surface area contributed by atoms with Crippen LogP contribution in [0.2, 0.25) is 0 Å². The molecule has 1 saturated heterocycles. The summed E-state index contributed by atoms with van der Waals surface area (Å²) in [4.78, 5) is 36.2. The van der Waals surface area contributed by atoms with Crippen molar-refractivity contribution in [3.63, 3.8) is 0 Å². The van der Waals surface area contributed by atoms with Crippen molar-refractivity contribution >= 4 is 11.9 Å². The van der Waals surface area contributed by atoms with Crippen LogP contribution in [-0.4, -0.2) is 52.1 Å². The first-order chi connectivity index (χ1) is 9.00. The molecular formula is C12H15N3O4. The molecule has 7 heteroatoms. The summed E-state index contributed by atoms with van der Waals surface area (Å²) in [6.07, 6.45) is 1.49. The van der Waals surface area contributed by atoms with Gasteiger partial charge in [-0.2, -0.15) is 0 Å². The second kappa shape index (κ2) is 5.23. The molecule has 1 unspecified atom stereocenters. The summed E-state index contributed by atoms with van der Waals surface area (Å²) in [5.74, 6) is -1.48. The summed E-state index contributed by atoms with van der Waals surface area (Å²) in [6.45, 7) is 1.07. The van der Waals surface area contributed by atoms with Gasteiger partial charge in [0, 0.05) is 44.5 Å². The molecule has 0 aliphatic carbocycles. The van der Waals surface area contributed by atoms with Gasteiger partial charge in [-0.05, 0) is 6.07 Å². The van der Waals surface area contributed by atoms with Crippen LogP contribution in [0.15, 0.2) is 23.1 Å². The Morgan fingerprint density at radius 1 is 1.47 bits per heavy atom. The van der Waals surface area contributed by atoms with Crippen molar-refractivity contribution in [2.75, 3.05) is 19.6 Å². The van der Waals surface area contributed by atoms with Crippen LogP contribution in [0.1, 0.15) is 10.4 Å². The lowest BCUT2D eigenvalue weighted by Gasteiger charge is -2.33. The van der Waals surface area contributed by atoms with Gasteiger partial charge in [0.1, 0.15) is 6.04 Å². The van der Waals surface area contributed by atoms with Crippen molar-refractivity contribution in [2.24, 2.45) is 7.05 Å². The maximum atomic E-state index is 12.3. The number of amides is 1. The van der Waals surface area contributed by atoms with E-state index in [4.69, 9.17) is 5.11 Å². The standard InChI is InChI=1S/C12H15N3O4/c1-14-4-2-8(6-10(14)16)11(17)15-5-3-13-7-9(15)12(18)19/h2,4,6,9,13H,3,5,7H2,1H3,(H,18,19). The maximum absolute atomic E-state index is 12.3. The van der Waals surface area contributed by atoms with E-state index in [9.17, 15) is 14.4 Å². The first-order valence-electron chi connectivity index (χ1n) is 5.92. The predicted molar refractivity (Wildman–Crippen MR) is 67.0 cm³/mol. The number of aryl methyl sites for hydroxylation is 1. The van der Waals surface area contributed by atoms with Crippen LogP contribution in [0.5, 0.6) is 0 Å². The van der Waals surface area contributed by atoms with Gasteiger partial charge in [0.2, 0.25) is 0 Å². The number of carbonyl (C=O) groups excluding carboxylic acids is 1. The van der Waals surface area contributed by atoms with Crippen molar-refractivity contribution in [3.05, 3.63) is 34.2 Å². The first kappa shape index (κ1) is 13.3. The Balaban J connectivity index is 2.28. The molecule has 1 fully saturated rings. The van der Waals surface area contributed by atoms with E-state index in [1.165, 1.54) is 27.8 Å². The third-order valence-corrected chi connectivity index (χ3v) is 3.14. The van der Waals surface area contributed by atoms with Crippen LogP contribution in [0.25, 0.3) is 0 Å². The molecule has 2 N–H and O–H groups in total. The second-order valence-corrected chi connectivity index (χ2v) is 4.42. The number of aliphatic carboxylic acids is 1. The molecule has 2 heterocycles. The minimum Gasteiger partial charge on any atom is -0.480 e. The highest BCUT2D eigenvalue weighted by Gasteiger charge is 2.32. The molecule has 7 nitrogen and oxygen atoms in total. The maximum Gasteiger partial charge on any atom is 0.327 e. The highest BCUT2D eigenvalue weighted by Crippen LogP contribution is 2.09. The average molecular weight is 265 g/mol. The fraction of sp³-hybridized carbons (Fsp3) is 0.417. The van der Waals surface area contributed by atoms with Gasteiger partial charge in [-0.1, -0.05) is 0 Å². The number of aromatic nitrogens is 1. The lowest BCUT2D eigenvalue weighted by Crippen LogP contribution is -2.57. The van der Waals surface area contributed by atoms with Gasteiger partial charge in [-0.3, -0.25) is 9.59 Å². The number of piperazine rings is 1. The van der Waals surface area contributed by atoms with Gasteiger partial charge in [-0.25, -0.2) is 4.79 Å². The molecule has 2 rings (SSSR count). The van der Waals surface area contributed by atoms with Crippen LogP contribution in [0, 0.1) is 0 Å². The normalized spacial score (nSPS) is 19.2. The van der Waals surface area contributed by atoms with Gasteiger partial charge in [-0.15, -0.1) is 0 Å². The Labute approximate surface area is 109 Å². The molecule has 1 atom stereocenters. The first-order valence-corrected chi connectivity index (χ1v) is 5.92. The van der Waals surface area contributed by atoms with E-state index in [0.717, 1.165) is 0 Å². The van der Waals surface area contributed by atoms with Crippen molar-refractivity contribution in [2.45, 2.75) is 6.04 Å². The number of pyridine rings is 1. The van der Waals surface area contributed by atoms with Gasteiger partial charge in [0.15, 0.2) is 0 Å².